The molecule has 0 saturated heterocycles. The number of carbonyl (C=O) groups is 1. The van der Waals surface area contributed by atoms with Crippen LogP contribution in [0, 0.1) is 0 Å². The number of rotatable bonds is 1. The number of aromatic amines is 1. The van der Waals surface area contributed by atoms with Crippen LogP contribution in [0.4, 0.5) is 4.79 Å². The topological polar surface area (TPSA) is 69.2 Å². The number of nitrogens with one attached hydrogen (secondary N) is 1. The fraction of sp³-hybridized carbons (Fsp3) is 0.500. The summed E-state index contributed by atoms with van der Waals surface area (Å²) in [7, 11) is 0. The minimum absolute atomic E-state index is 0.442. The molecular formula is C8H11N3O2. The quantitative estimate of drug-likeness (QED) is 0.678. The zero-order valence-electron chi connectivity index (χ0n) is 7.37. The first-order chi connectivity index (χ1) is 6.22. The normalized spacial score (nSPS) is 14.7. The number of hydrogen-bond acceptors (Lipinski definition) is 2. The molecule has 0 aromatic carbocycles. The number of fused-ring (bicyclic) bond motifs is 1. The van der Waals surface area contributed by atoms with Crippen LogP contribution < -0.4 is 0 Å². The SMILES string of the molecule is CCc1n[nH]c2c1CN(C(=O)O)C2. The second-order valence-electron chi connectivity index (χ2n) is 3.12. The average Bonchev–Trinajstić information content (AvgIpc) is 2.60. The average molecular weight is 181 g/mol. The van der Waals surface area contributed by atoms with E-state index >= 15 is 0 Å². The van der Waals surface area contributed by atoms with Gasteiger partial charge in [0.15, 0.2) is 0 Å². The van der Waals surface area contributed by atoms with Crippen molar-refractivity contribution in [2.75, 3.05) is 0 Å². The van der Waals surface area contributed by atoms with Crippen molar-refractivity contribution in [3.8, 4) is 0 Å². The molecule has 5 heteroatoms. The maximum atomic E-state index is 10.7. The third-order valence-electron chi connectivity index (χ3n) is 2.34. The molecule has 1 aromatic rings. The summed E-state index contributed by atoms with van der Waals surface area (Å²) in [5.74, 6) is 0. The molecule has 2 rings (SSSR count). The van der Waals surface area contributed by atoms with Crippen LogP contribution in [0.25, 0.3) is 0 Å². The molecule has 1 aliphatic rings. The van der Waals surface area contributed by atoms with Crippen molar-refractivity contribution in [1.82, 2.24) is 15.1 Å². The Balaban J connectivity index is 2.26. The fourth-order valence-electron chi connectivity index (χ4n) is 1.63. The van der Waals surface area contributed by atoms with Gasteiger partial charge in [-0.2, -0.15) is 5.10 Å². The Bertz CT molecular complexity index is 345. The lowest BCUT2D eigenvalue weighted by atomic mass is 10.2. The maximum Gasteiger partial charge on any atom is 0.407 e. The molecule has 2 N–H and O–H groups in total. The van der Waals surface area contributed by atoms with Crippen molar-refractivity contribution in [1.29, 1.82) is 0 Å². The van der Waals surface area contributed by atoms with Gasteiger partial charge in [0, 0.05) is 5.56 Å². The summed E-state index contributed by atoms with van der Waals surface area (Å²) in [6, 6.07) is 0. The van der Waals surface area contributed by atoms with Crippen LogP contribution in [0.15, 0.2) is 0 Å². The van der Waals surface area contributed by atoms with Gasteiger partial charge in [0.2, 0.25) is 0 Å². The lowest BCUT2D eigenvalue weighted by Gasteiger charge is -2.09. The number of carboxylic acid groups (broad SMARTS) is 1. The Labute approximate surface area is 75.4 Å². The van der Waals surface area contributed by atoms with Gasteiger partial charge in [0.1, 0.15) is 0 Å². The van der Waals surface area contributed by atoms with Crippen LogP contribution in [-0.4, -0.2) is 26.3 Å². The fourth-order valence-corrected chi connectivity index (χ4v) is 1.63. The zero-order valence-corrected chi connectivity index (χ0v) is 7.37. The Hall–Kier alpha value is -1.52. The summed E-state index contributed by atoms with van der Waals surface area (Å²) in [6.07, 6.45) is -0.0223. The lowest BCUT2D eigenvalue weighted by Crippen LogP contribution is -2.23. The summed E-state index contributed by atoms with van der Waals surface area (Å²) < 4.78 is 0. The van der Waals surface area contributed by atoms with Crippen molar-refractivity contribution in [3.05, 3.63) is 17.0 Å². The van der Waals surface area contributed by atoms with Gasteiger partial charge in [-0.15, -0.1) is 0 Å². The number of amides is 1. The van der Waals surface area contributed by atoms with Gasteiger partial charge < -0.3 is 5.11 Å². The first-order valence-electron chi connectivity index (χ1n) is 4.25. The molecule has 0 atom stereocenters. The molecule has 2 heterocycles. The number of aromatic nitrogens is 2. The van der Waals surface area contributed by atoms with E-state index in [0.29, 0.717) is 13.1 Å². The highest BCUT2D eigenvalue weighted by molar-refractivity contribution is 5.66. The van der Waals surface area contributed by atoms with Gasteiger partial charge in [0.05, 0.1) is 24.5 Å². The molecule has 13 heavy (non-hydrogen) atoms. The van der Waals surface area contributed by atoms with E-state index in [9.17, 15) is 4.79 Å². The molecule has 0 aliphatic carbocycles. The minimum atomic E-state index is -0.869. The second kappa shape index (κ2) is 2.76. The Morgan fingerprint density at radius 2 is 2.46 bits per heavy atom. The van der Waals surface area contributed by atoms with Crippen LogP contribution in [0.5, 0.6) is 0 Å². The first-order valence-corrected chi connectivity index (χ1v) is 4.25. The van der Waals surface area contributed by atoms with E-state index in [1.54, 1.807) is 0 Å². The summed E-state index contributed by atoms with van der Waals surface area (Å²) in [4.78, 5) is 12.0. The van der Waals surface area contributed by atoms with Crippen LogP contribution in [0.3, 0.4) is 0 Å². The van der Waals surface area contributed by atoms with E-state index < -0.39 is 6.09 Å². The predicted octanol–water partition coefficient (Wildman–Crippen LogP) is 0.966. The van der Waals surface area contributed by atoms with Crippen molar-refractivity contribution in [2.45, 2.75) is 26.4 Å². The minimum Gasteiger partial charge on any atom is -0.465 e. The molecule has 70 valence electrons. The molecule has 5 nitrogen and oxygen atoms in total. The van der Waals surface area contributed by atoms with Crippen LogP contribution in [0.1, 0.15) is 23.9 Å². The molecule has 0 bridgehead atoms. The first kappa shape index (κ1) is 8.10. The molecule has 0 fully saturated rings. The predicted molar refractivity (Wildman–Crippen MR) is 45.2 cm³/mol. The van der Waals surface area contributed by atoms with E-state index in [1.807, 2.05) is 6.92 Å². The van der Waals surface area contributed by atoms with Gasteiger partial charge in [0.25, 0.3) is 0 Å². The summed E-state index contributed by atoms with van der Waals surface area (Å²) in [5.41, 5.74) is 2.99. The summed E-state index contributed by atoms with van der Waals surface area (Å²) in [6.45, 7) is 2.93. The number of aryl methyl sites for hydroxylation is 1. The molecule has 0 unspecified atom stereocenters. The Kier molecular flexibility index (Phi) is 1.72. The van der Waals surface area contributed by atoms with Gasteiger partial charge in [-0.05, 0) is 6.42 Å². The van der Waals surface area contributed by atoms with E-state index in [0.717, 1.165) is 23.4 Å². The largest absolute Gasteiger partial charge is 0.465 e. The highest BCUT2D eigenvalue weighted by atomic mass is 16.4. The lowest BCUT2D eigenvalue weighted by molar-refractivity contribution is 0.144. The monoisotopic (exact) mass is 181 g/mol. The molecule has 1 aliphatic heterocycles. The van der Waals surface area contributed by atoms with Gasteiger partial charge in [-0.25, -0.2) is 4.79 Å². The molecular weight excluding hydrogens is 170 g/mol. The van der Waals surface area contributed by atoms with E-state index in [-0.39, 0.29) is 0 Å². The molecule has 0 radical (unpaired) electrons. The molecule has 0 spiro atoms. The molecule has 1 aromatic heterocycles. The third-order valence-corrected chi connectivity index (χ3v) is 2.34. The maximum absolute atomic E-state index is 10.7. The van der Waals surface area contributed by atoms with Gasteiger partial charge in [-0.1, -0.05) is 6.92 Å². The highest BCUT2D eigenvalue weighted by Crippen LogP contribution is 2.23. The number of H-pyrrole nitrogens is 1. The third kappa shape index (κ3) is 1.16. The zero-order chi connectivity index (χ0) is 9.42. The van der Waals surface area contributed by atoms with Crippen molar-refractivity contribution in [3.63, 3.8) is 0 Å². The summed E-state index contributed by atoms with van der Waals surface area (Å²) >= 11 is 0. The van der Waals surface area contributed by atoms with Crippen molar-refractivity contribution in [2.24, 2.45) is 0 Å². The van der Waals surface area contributed by atoms with Crippen molar-refractivity contribution < 1.29 is 9.90 Å². The summed E-state index contributed by atoms with van der Waals surface area (Å²) in [5, 5.41) is 15.7. The second-order valence-corrected chi connectivity index (χ2v) is 3.12. The van der Waals surface area contributed by atoms with Gasteiger partial charge >= 0.3 is 6.09 Å². The standard InChI is InChI=1S/C8H11N3O2/c1-2-6-5-3-11(8(12)13)4-7(5)10-9-6/h2-4H2,1H3,(H,9,10)(H,12,13). The van der Waals surface area contributed by atoms with Gasteiger partial charge in [-0.3, -0.25) is 10.00 Å². The highest BCUT2D eigenvalue weighted by Gasteiger charge is 2.26. The Morgan fingerprint density at radius 3 is 3.08 bits per heavy atom. The number of nitrogens with zero attached hydrogens (tertiary/aromatic N) is 2. The van der Waals surface area contributed by atoms with Crippen molar-refractivity contribution >= 4 is 6.09 Å². The molecule has 1 amide bonds. The van der Waals surface area contributed by atoms with Crippen LogP contribution >= 0.6 is 0 Å². The van der Waals surface area contributed by atoms with Crippen LogP contribution in [0.2, 0.25) is 0 Å². The van der Waals surface area contributed by atoms with E-state index in [1.165, 1.54) is 4.90 Å². The van der Waals surface area contributed by atoms with E-state index in [4.69, 9.17) is 5.11 Å². The van der Waals surface area contributed by atoms with E-state index in [2.05, 4.69) is 10.2 Å². The van der Waals surface area contributed by atoms with Crippen LogP contribution in [-0.2, 0) is 19.5 Å². The Morgan fingerprint density at radius 1 is 1.69 bits per heavy atom. The smallest absolute Gasteiger partial charge is 0.407 e. The number of hydrogen-bond donors (Lipinski definition) is 2. The molecule has 0 saturated carbocycles.